The molecule has 0 aromatic rings. The molecular formula is H7ClMgO3SiSr. The molecule has 3 nitrogen and oxygen atoms in total. The molecule has 0 saturated heterocycles. The first-order chi connectivity index (χ1) is 2.00. The fourth-order valence-corrected chi connectivity index (χ4v) is 0. The summed E-state index contributed by atoms with van der Waals surface area (Å²) in [5.41, 5.74) is 0. The van der Waals surface area contributed by atoms with Crippen LogP contribution in [0.25, 0.3) is 0 Å². The van der Waals surface area contributed by atoms with Crippen molar-refractivity contribution in [1.82, 2.24) is 0 Å². The topological polar surface area (TPSA) is 60.7 Å². The first kappa shape index (κ1) is 16.3. The van der Waals surface area contributed by atoms with E-state index < -0.39 is 8.11 Å². The molecule has 0 radical (unpaired) electrons. The molecule has 0 aromatic heterocycles. The molecular weight excluding hydrogens is 223 g/mol. The van der Waals surface area contributed by atoms with E-state index in [4.69, 9.17) is 14.4 Å². The molecule has 0 atom stereocenters. The van der Waals surface area contributed by atoms with Gasteiger partial charge in [-0.3, -0.25) is 0 Å². The molecule has 0 amide bonds. The summed E-state index contributed by atoms with van der Waals surface area (Å²) in [6.07, 6.45) is 0. The zero-order valence-corrected chi connectivity index (χ0v) is 3.98. The standard InChI is InChI=1S/ClH3O3Si.Mg.Sr.4H/c1-5(2,3)4;;;;;;/h2-4H;;;;;;. The summed E-state index contributed by atoms with van der Waals surface area (Å²) in [5.74, 6) is 0. The van der Waals surface area contributed by atoms with Gasteiger partial charge in [-0.2, -0.15) is 0 Å². The molecule has 3 N–H and O–H groups in total. The summed E-state index contributed by atoms with van der Waals surface area (Å²) in [6.45, 7) is 0. The summed E-state index contributed by atoms with van der Waals surface area (Å²) >= 11 is 4.34. The van der Waals surface area contributed by atoms with Crippen LogP contribution in [0.4, 0.5) is 0 Å². The SMILES string of the molecule is O[Si](O)(O)Cl.[MgH2].[SrH2]. The van der Waals surface area contributed by atoms with Gasteiger partial charge in [0.25, 0.3) is 0 Å². The van der Waals surface area contributed by atoms with Gasteiger partial charge < -0.3 is 14.4 Å². The van der Waals surface area contributed by atoms with Crippen LogP contribution >= 0.6 is 11.1 Å². The molecule has 0 saturated carbocycles. The van der Waals surface area contributed by atoms with Gasteiger partial charge >= 0.3 is 76.6 Å². The Morgan fingerprint density at radius 2 is 1.14 bits per heavy atom. The van der Waals surface area contributed by atoms with Gasteiger partial charge in [-0.05, 0) is 0 Å². The van der Waals surface area contributed by atoms with Crippen LogP contribution < -0.4 is 0 Å². The normalized spacial score (nSPS) is 8.57. The molecule has 0 bridgehead atoms. The van der Waals surface area contributed by atoms with Crippen LogP contribution in [-0.4, -0.2) is 91.0 Å². The molecule has 0 fully saturated rings. The van der Waals surface area contributed by atoms with Crippen LogP contribution in [0, 0.1) is 0 Å². The van der Waals surface area contributed by atoms with Crippen molar-refractivity contribution in [2.24, 2.45) is 0 Å². The Morgan fingerprint density at radius 3 is 1.14 bits per heavy atom. The van der Waals surface area contributed by atoms with Crippen LogP contribution in [-0.2, 0) is 0 Å². The van der Waals surface area contributed by atoms with Gasteiger partial charge in [0, 0.05) is 0 Å². The summed E-state index contributed by atoms with van der Waals surface area (Å²) in [5, 5.41) is 0. The molecule has 40 valence electrons. The van der Waals surface area contributed by atoms with Crippen molar-refractivity contribution < 1.29 is 14.4 Å². The zero-order chi connectivity index (χ0) is 4.50. The minimum atomic E-state index is -4.14. The maximum absolute atomic E-state index is 7.54. The number of hydrogen-bond acceptors (Lipinski definition) is 3. The molecule has 0 aliphatic carbocycles. The molecule has 0 aromatic carbocycles. The number of rotatable bonds is 0. The van der Waals surface area contributed by atoms with Crippen LogP contribution in [0.2, 0.25) is 0 Å². The van der Waals surface area contributed by atoms with Gasteiger partial charge in [0.15, 0.2) is 0 Å². The average Bonchev–Trinajstić information content (AvgIpc) is 0.722. The fraction of sp³-hybridized carbons (Fsp3) is 0. The second kappa shape index (κ2) is 6.75. The maximum atomic E-state index is 7.54. The van der Waals surface area contributed by atoms with Gasteiger partial charge in [-0.1, -0.05) is 11.1 Å². The summed E-state index contributed by atoms with van der Waals surface area (Å²) in [4.78, 5) is 22.6. The van der Waals surface area contributed by atoms with Crippen LogP contribution in [0.3, 0.4) is 0 Å². The van der Waals surface area contributed by atoms with Crippen molar-refractivity contribution >= 4 is 87.7 Å². The molecule has 0 aliphatic rings. The van der Waals surface area contributed by atoms with Crippen LogP contribution in [0.5, 0.6) is 0 Å². The average molecular weight is 231 g/mol. The fourth-order valence-electron chi connectivity index (χ4n) is 0. The molecule has 0 heterocycles. The minimum absolute atomic E-state index is 0. The van der Waals surface area contributed by atoms with Crippen LogP contribution in [0.15, 0.2) is 0 Å². The van der Waals surface area contributed by atoms with Crippen molar-refractivity contribution in [2.45, 2.75) is 0 Å². The van der Waals surface area contributed by atoms with Crippen molar-refractivity contribution in [3.63, 3.8) is 0 Å². The molecule has 7 heavy (non-hydrogen) atoms. The van der Waals surface area contributed by atoms with Gasteiger partial charge in [0.2, 0.25) is 0 Å². The van der Waals surface area contributed by atoms with E-state index in [1.807, 2.05) is 0 Å². The Bertz CT molecular complexity index is 30.4. The van der Waals surface area contributed by atoms with Gasteiger partial charge in [-0.25, -0.2) is 0 Å². The Labute approximate surface area is 100 Å². The number of halogens is 1. The van der Waals surface area contributed by atoms with E-state index in [-0.39, 0.29) is 68.5 Å². The zero-order valence-electron chi connectivity index (χ0n) is 2.22. The van der Waals surface area contributed by atoms with E-state index in [9.17, 15) is 0 Å². The Kier molecular flexibility index (Phi) is 15.7. The third-order valence-corrected chi connectivity index (χ3v) is 0. The van der Waals surface area contributed by atoms with Crippen molar-refractivity contribution in [3.05, 3.63) is 0 Å². The van der Waals surface area contributed by atoms with E-state index in [1.165, 1.54) is 0 Å². The first-order valence-electron chi connectivity index (χ1n) is 0.860. The van der Waals surface area contributed by atoms with Crippen molar-refractivity contribution in [1.29, 1.82) is 0 Å². The van der Waals surface area contributed by atoms with Gasteiger partial charge in [0.05, 0.1) is 0 Å². The summed E-state index contributed by atoms with van der Waals surface area (Å²) < 4.78 is 0. The molecule has 0 unspecified atom stereocenters. The van der Waals surface area contributed by atoms with E-state index in [0.717, 1.165) is 0 Å². The van der Waals surface area contributed by atoms with Gasteiger partial charge in [-0.15, -0.1) is 0 Å². The van der Waals surface area contributed by atoms with E-state index in [1.54, 1.807) is 0 Å². The third kappa shape index (κ3) is 54.8. The Morgan fingerprint density at radius 1 is 1.14 bits per heavy atom. The molecule has 0 spiro atoms. The Hall–Kier alpha value is 2.63. The van der Waals surface area contributed by atoms with E-state index in [2.05, 4.69) is 11.1 Å². The predicted molar refractivity (Wildman–Crippen MR) is 35.4 cm³/mol. The quantitative estimate of drug-likeness (QED) is 0.304. The molecule has 0 aliphatic heterocycles. The molecule has 7 heteroatoms. The second-order valence-corrected chi connectivity index (χ2v) is 3.18. The van der Waals surface area contributed by atoms with E-state index in [0.29, 0.717) is 0 Å². The monoisotopic (exact) mass is 230 g/mol. The third-order valence-electron chi connectivity index (χ3n) is 0. The van der Waals surface area contributed by atoms with Crippen molar-refractivity contribution in [2.75, 3.05) is 0 Å². The Balaban J connectivity index is -0.0000000800. The first-order valence-corrected chi connectivity index (χ1v) is 3.71. The van der Waals surface area contributed by atoms with Crippen LogP contribution in [0.1, 0.15) is 0 Å². The second-order valence-electron chi connectivity index (χ2n) is 0.554. The van der Waals surface area contributed by atoms with E-state index >= 15 is 0 Å². The summed E-state index contributed by atoms with van der Waals surface area (Å²) in [7, 11) is -4.14. The van der Waals surface area contributed by atoms with Crippen molar-refractivity contribution in [3.8, 4) is 0 Å². The molecule has 0 rings (SSSR count). The van der Waals surface area contributed by atoms with Gasteiger partial charge in [0.1, 0.15) is 0 Å². The predicted octanol–water partition coefficient (Wildman–Crippen LogP) is -3.19. The number of hydrogen-bond donors (Lipinski definition) is 3. The summed E-state index contributed by atoms with van der Waals surface area (Å²) in [6, 6.07) is 0.